The topological polar surface area (TPSA) is 91.5 Å². The SMILES string of the molecule is O=C(NNCc1ccccc1)c1ccc(Oc2ccc(C(=O)NNCc3ccccc3)cc2)cc1. The summed E-state index contributed by atoms with van der Waals surface area (Å²) in [5.41, 5.74) is 14.4. The molecule has 0 aliphatic heterocycles. The predicted molar refractivity (Wildman–Crippen MR) is 134 cm³/mol. The highest BCUT2D eigenvalue weighted by Crippen LogP contribution is 2.22. The van der Waals surface area contributed by atoms with Gasteiger partial charge in [0.1, 0.15) is 11.5 Å². The highest BCUT2D eigenvalue weighted by atomic mass is 16.5. The van der Waals surface area contributed by atoms with E-state index in [9.17, 15) is 9.59 Å². The summed E-state index contributed by atoms with van der Waals surface area (Å²) in [6.45, 7) is 1.07. The van der Waals surface area contributed by atoms with E-state index in [0.29, 0.717) is 35.7 Å². The minimum atomic E-state index is -0.233. The lowest BCUT2D eigenvalue weighted by Gasteiger charge is -2.10. The number of carbonyl (C=O) groups is 2. The van der Waals surface area contributed by atoms with Crippen LogP contribution in [0.15, 0.2) is 109 Å². The molecule has 0 bridgehead atoms. The number of carbonyl (C=O) groups excluding carboxylic acids is 2. The van der Waals surface area contributed by atoms with E-state index in [1.54, 1.807) is 48.5 Å². The molecule has 4 rings (SSSR count). The van der Waals surface area contributed by atoms with E-state index >= 15 is 0 Å². The first-order chi connectivity index (χ1) is 17.2. The molecule has 4 N–H and O–H groups in total. The summed E-state index contributed by atoms with van der Waals surface area (Å²) >= 11 is 0. The van der Waals surface area contributed by atoms with Gasteiger partial charge in [-0.3, -0.25) is 20.4 Å². The maximum Gasteiger partial charge on any atom is 0.265 e. The lowest BCUT2D eigenvalue weighted by atomic mass is 10.2. The molecule has 0 saturated carbocycles. The Bertz CT molecular complexity index is 1130. The van der Waals surface area contributed by atoms with Crippen molar-refractivity contribution in [2.45, 2.75) is 13.1 Å². The molecule has 7 nitrogen and oxygen atoms in total. The summed E-state index contributed by atoms with van der Waals surface area (Å²) in [7, 11) is 0. The van der Waals surface area contributed by atoms with Gasteiger partial charge in [-0.1, -0.05) is 60.7 Å². The van der Waals surface area contributed by atoms with Gasteiger partial charge < -0.3 is 4.74 Å². The van der Waals surface area contributed by atoms with Gasteiger partial charge >= 0.3 is 0 Å². The largest absolute Gasteiger partial charge is 0.457 e. The average molecular weight is 467 g/mol. The Morgan fingerprint density at radius 2 is 0.886 bits per heavy atom. The number of ether oxygens (including phenoxy) is 1. The molecular formula is C28H26N4O3. The Labute approximate surface area is 204 Å². The summed E-state index contributed by atoms with van der Waals surface area (Å²) in [5.74, 6) is 0.702. The van der Waals surface area contributed by atoms with Crippen molar-refractivity contribution in [3.63, 3.8) is 0 Å². The number of hydrogen-bond donors (Lipinski definition) is 4. The van der Waals surface area contributed by atoms with Crippen LogP contribution < -0.4 is 26.4 Å². The van der Waals surface area contributed by atoms with Gasteiger partial charge in [0, 0.05) is 24.2 Å². The van der Waals surface area contributed by atoms with E-state index < -0.39 is 0 Å². The van der Waals surface area contributed by atoms with Gasteiger partial charge in [-0.15, -0.1) is 0 Å². The molecule has 0 radical (unpaired) electrons. The first-order valence-corrected chi connectivity index (χ1v) is 11.2. The van der Waals surface area contributed by atoms with Crippen LogP contribution >= 0.6 is 0 Å². The van der Waals surface area contributed by atoms with Crippen molar-refractivity contribution in [2.75, 3.05) is 0 Å². The summed E-state index contributed by atoms with van der Waals surface area (Å²) < 4.78 is 5.83. The molecule has 0 aliphatic rings. The van der Waals surface area contributed by atoms with Gasteiger partial charge in [0.15, 0.2) is 0 Å². The molecular weight excluding hydrogens is 440 g/mol. The fourth-order valence-electron chi connectivity index (χ4n) is 3.27. The summed E-state index contributed by atoms with van der Waals surface area (Å²) in [6, 6.07) is 33.3. The van der Waals surface area contributed by atoms with E-state index in [0.717, 1.165) is 11.1 Å². The molecule has 0 atom stereocenters. The normalized spacial score (nSPS) is 10.4. The molecule has 4 aromatic rings. The third-order valence-electron chi connectivity index (χ3n) is 5.14. The summed E-state index contributed by atoms with van der Waals surface area (Å²) in [6.07, 6.45) is 0. The third-order valence-corrected chi connectivity index (χ3v) is 5.14. The number of nitrogens with one attached hydrogen (secondary N) is 4. The zero-order valence-electron chi connectivity index (χ0n) is 19.0. The average Bonchev–Trinajstić information content (AvgIpc) is 2.90. The van der Waals surface area contributed by atoms with Crippen molar-refractivity contribution >= 4 is 11.8 Å². The van der Waals surface area contributed by atoms with Crippen LogP contribution in [0.25, 0.3) is 0 Å². The molecule has 0 fully saturated rings. The van der Waals surface area contributed by atoms with Gasteiger partial charge in [-0.05, 0) is 59.7 Å². The summed E-state index contributed by atoms with van der Waals surface area (Å²) in [4.78, 5) is 24.6. The second-order valence-electron chi connectivity index (χ2n) is 7.74. The number of hydrazine groups is 2. The van der Waals surface area contributed by atoms with Gasteiger partial charge in [0.25, 0.3) is 11.8 Å². The monoisotopic (exact) mass is 466 g/mol. The molecule has 7 heteroatoms. The zero-order chi connectivity index (χ0) is 24.3. The molecule has 0 aliphatic carbocycles. The Hall–Kier alpha value is -4.46. The van der Waals surface area contributed by atoms with E-state index in [4.69, 9.17) is 4.74 Å². The van der Waals surface area contributed by atoms with Crippen molar-refractivity contribution in [1.29, 1.82) is 0 Å². The van der Waals surface area contributed by atoms with Crippen LogP contribution in [-0.2, 0) is 13.1 Å². The van der Waals surface area contributed by atoms with Crippen molar-refractivity contribution in [3.8, 4) is 11.5 Å². The van der Waals surface area contributed by atoms with Crippen LogP contribution in [0.5, 0.6) is 11.5 Å². The van der Waals surface area contributed by atoms with Gasteiger partial charge in [-0.2, -0.15) is 0 Å². The van der Waals surface area contributed by atoms with E-state index in [2.05, 4.69) is 21.7 Å². The van der Waals surface area contributed by atoms with Gasteiger partial charge in [-0.25, -0.2) is 10.9 Å². The first kappa shape index (κ1) is 23.7. The lowest BCUT2D eigenvalue weighted by molar-refractivity contribution is 0.0924. The van der Waals surface area contributed by atoms with Crippen LogP contribution in [0.2, 0.25) is 0 Å². The van der Waals surface area contributed by atoms with Gasteiger partial charge in [0.2, 0.25) is 0 Å². The van der Waals surface area contributed by atoms with Crippen molar-refractivity contribution in [2.24, 2.45) is 0 Å². The Kier molecular flexibility index (Phi) is 8.21. The van der Waals surface area contributed by atoms with Crippen LogP contribution in [0.1, 0.15) is 31.8 Å². The van der Waals surface area contributed by atoms with Crippen LogP contribution in [0.3, 0.4) is 0 Å². The number of hydrogen-bond acceptors (Lipinski definition) is 5. The predicted octanol–water partition coefficient (Wildman–Crippen LogP) is 4.35. The Morgan fingerprint density at radius 1 is 0.514 bits per heavy atom. The second-order valence-corrected chi connectivity index (χ2v) is 7.74. The molecule has 176 valence electrons. The molecule has 0 spiro atoms. The fraction of sp³-hybridized carbons (Fsp3) is 0.0714. The molecule has 0 saturated heterocycles. The number of amides is 2. The van der Waals surface area contributed by atoms with Crippen molar-refractivity contribution in [1.82, 2.24) is 21.7 Å². The quantitative estimate of drug-likeness (QED) is 0.261. The van der Waals surface area contributed by atoms with Gasteiger partial charge in [0.05, 0.1) is 0 Å². The van der Waals surface area contributed by atoms with Crippen LogP contribution in [-0.4, -0.2) is 11.8 Å². The molecule has 2 amide bonds. The van der Waals surface area contributed by atoms with Crippen LogP contribution in [0.4, 0.5) is 0 Å². The first-order valence-electron chi connectivity index (χ1n) is 11.2. The Balaban J connectivity index is 1.23. The second kappa shape index (κ2) is 12.1. The van der Waals surface area contributed by atoms with E-state index in [1.165, 1.54) is 0 Å². The molecule has 0 aromatic heterocycles. The minimum Gasteiger partial charge on any atom is -0.457 e. The molecule has 4 aromatic carbocycles. The zero-order valence-corrected chi connectivity index (χ0v) is 19.0. The number of benzene rings is 4. The van der Waals surface area contributed by atoms with Crippen molar-refractivity contribution in [3.05, 3.63) is 131 Å². The summed E-state index contributed by atoms with van der Waals surface area (Å²) in [5, 5.41) is 0. The lowest BCUT2D eigenvalue weighted by Crippen LogP contribution is -2.36. The van der Waals surface area contributed by atoms with Crippen LogP contribution in [0, 0.1) is 0 Å². The highest BCUT2D eigenvalue weighted by molar-refractivity contribution is 5.94. The highest BCUT2D eigenvalue weighted by Gasteiger charge is 2.08. The van der Waals surface area contributed by atoms with Crippen molar-refractivity contribution < 1.29 is 14.3 Å². The number of rotatable bonds is 10. The molecule has 0 heterocycles. The maximum atomic E-state index is 12.3. The minimum absolute atomic E-state index is 0.233. The third kappa shape index (κ3) is 7.26. The Morgan fingerprint density at radius 3 is 1.26 bits per heavy atom. The standard InChI is InChI=1S/C28H26N4O3/c33-27(31-29-19-21-7-3-1-4-8-21)23-11-15-25(16-12-23)35-26-17-13-24(14-18-26)28(34)32-30-20-22-9-5-2-6-10-22/h1-18,29-30H,19-20H2,(H,31,33)(H,32,34). The molecule has 0 unspecified atom stereocenters. The van der Waals surface area contributed by atoms with E-state index in [1.807, 2.05) is 60.7 Å². The maximum absolute atomic E-state index is 12.3. The van der Waals surface area contributed by atoms with E-state index in [-0.39, 0.29) is 11.8 Å². The fourth-order valence-corrected chi connectivity index (χ4v) is 3.27. The molecule has 35 heavy (non-hydrogen) atoms. The smallest absolute Gasteiger partial charge is 0.265 e.